The highest BCUT2D eigenvalue weighted by Gasteiger charge is 2.18. The van der Waals surface area contributed by atoms with E-state index in [2.05, 4.69) is 11.9 Å². The van der Waals surface area contributed by atoms with Gasteiger partial charge in [-0.2, -0.15) is 0 Å². The number of hydrogen-bond acceptors (Lipinski definition) is 5. The molecule has 0 saturated heterocycles. The lowest BCUT2D eigenvalue weighted by Crippen LogP contribution is -2.36. The third-order valence-corrected chi connectivity index (χ3v) is 3.30. The van der Waals surface area contributed by atoms with Crippen LogP contribution in [0.5, 0.6) is 0 Å². The Kier molecular flexibility index (Phi) is 5.41. The Morgan fingerprint density at radius 3 is 2.71 bits per heavy atom. The van der Waals surface area contributed by atoms with E-state index >= 15 is 0 Å². The molecule has 17 heavy (non-hydrogen) atoms. The molecule has 5 heteroatoms. The van der Waals surface area contributed by atoms with Gasteiger partial charge < -0.3 is 9.64 Å². The largest absolute Gasteiger partial charge is 0.465 e. The third-order valence-electron chi connectivity index (χ3n) is 2.38. The molecule has 0 N–H and O–H groups in total. The van der Waals surface area contributed by atoms with Crippen molar-refractivity contribution in [2.24, 2.45) is 0 Å². The van der Waals surface area contributed by atoms with Crippen LogP contribution in [0.2, 0.25) is 0 Å². The number of thiazole rings is 1. The van der Waals surface area contributed by atoms with E-state index in [0.29, 0.717) is 6.61 Å². The van der Waals surface area contributed by atoms with Crippen LogP contribution in [-0.2, 0) is 16.0 Å². The summed E-state index contributed by atoms with van der Waals surface area (Å²) >= 11 is 1.58. The van der Waals surface area contributed by atoms with Crippen LogP contribution in [0.1, 0.15) is 33.4 Å². The van der Waals surface area contributed by atoms with Crippen LogP contribution >= 0.6 is 11.3 Å². The van der Waals surface area contributed by atoms with Crippen LogP contribution < -0.4 is 4.90 Å². The van der Waals surface area contributed by atoms with Gasteiger partial charge in [-0.05, 0) is 27.2 Å². The Labute approximate surface area is 107 Å². The fraction of sp³-hybridized carbons (Fsp3) is 0.667. The summed E-state index contributed by atoms with van der Waals surface area (Å²) in [7, 11) is 0. The summed E-state index contributed by atoms with van der Waals surface area (Å²) in [5.74, 6) is -0.200. The zero-order valence-corrected chi connectivity index (χ0v) is 11.7. The van der Waals surface area contributed by atoms with E-state index in [-0.39, 0.29) is 18.6 Å². The van der Waals surface area contributed by atoms with Gasteiger partial charge in [0, 0.05) is 11.4 Å². The highest BCUT2D eigenvalue weighted by Crippen LogP contribution is 2.22. The average Bonchev–Trinajstić information content (AvgIpc) is 2.74. The van der Waals surface area contributed by atoms with Gasteiger partial charge >= 0.3 is 5.97 Å². The molecule has 0 aromatic carbocycles. The van der Waals surface area contributed by atoms with Gasteiger partial charge in [0.05, 0.1) is 12.3 Å². The first kappa shape index (κ1) is 14.0. The predicted octanol–water partition coefficient (Wildman–Crippen LogP) is 2.48. The van der Waals surface area contributed by atoms with Gasteiger partial charge in [0.1, 0.15) is 6.54 Å². The molecular weight excluding hydrogens is 236 g/mol. The molecular formula is C12H20N2O2S. The summed E-state index contributed by atoms with van der Waals surface area (Å²) in [5.41, 5.74) is 1.07. The first-order valence-electron chi connectivity index (χ1n) is 5.95. The minimum atomic E-state index is -0.200. The van der Waals surface area contributed by atoms with Gasteiger partial charge in [-0.1, -0.05) is 6.92 Å². The SMILES string of the molecule is CCOC(=O)CN(c1nc(CC)cs1)C(C)C. The Morgan fingerprint density at radius 1 is 1.53 bits per heavy atom. The Bertz CT molecular complexity index is 363. The van der Waals surface area contributed by atoms with Crippen LogP contribution in [0.4, 0.5) is 5.13 Å². The molecule has 1 heterocycles. The number of rotatable bonds is 6. The first-order chi connectivity index (χ1) is 8.08. The lowest BCUT2D eigenvalue weighted by Gasteiger charge is -2.24. The van der Waals surface area contributed by atoms with Crippen LogP contribution in [0.15, 0.2) is 5.38 Å². The van der Waals surface area contributed by atoms with E-state index in [0.717, 1.165) is 17.2 Å². The van der Waals surface area contributed by atoms with Crippen molar-refractivity contribution in [3.05, 3.63) is 11.1 Å². The molecule has 0 aliphatic rings. The van der Waals surface area contributed by atoms with Crippen LogP contribution in [0.3, 0.4) is 0 Å². The van der Waals surface area contributed by atoms with Crippen LogP contribution in [-0.4, -0.2) is 30.1 Å². The minimum Gasteiger partial charge on any atom is -0.465 e. The van der Waals surface area contributed by atoms with Crippen LogP contribution in [0.25, 0.3) is 0 Å². The molecule has 0 radical (unpaired) electrons. The lowest BCUT2D eigenvalue weighted by molar-refractivity contribution is -0.141. The molecule has 1 rings (SSSR count). The summed E-state index contributed by atoms with van der Waals surface area (Å²) < 4.78 is 4.97. The first-order valence-corrected chi connectivity index (χ1v) is 6.83. The van der Waals surface area contributed by atoms with Gasteiger partial charge in [0.25, 0.3) is 0 Å². The number of carbonyl (C=O) groups excluding carboxylic acids is 1. The van der Waals surface area contributed by atoms with E-state index in [1.165, 1.54) is 0 Å². The van der Waals surface area contributed by atoms with Crippen molar-refractivity contribution in [1.82, 2.24) is 4.98 Å². The minimum absolute atomic E-state index is 0.200. The second-order valence-corrected chi connectivity index (χ2v) is 4.84. The summed E-state index contributed by atoms with van der Waals surface area (Å²) in [5, 5.41) is 2.93. The smallest absolute Gasteiger partial charge is 0.325 e. The van der Waals surface area contributed by atoms with Gasteiger partial charge in [-0.3, -0.25) is 4.79 Å². The Balaban J connectivity index is 2.75. The van der Waals surface area contributed by atoms with E-state index in [9.17, 15) is 4.79 Å². The quantitative estimate of drug-likeness (QED) is 0.733. The van der Waals surface area contributed by atoms with Gasteiger partial charge in [0.2, 0.25) is 0 Å². The molecule has 0 aliphatic carbocycles. The van der Waals surface area contributed by atoms with Gasteiger partial charge in [0.15, 0.2) is 5.13 Å². The van der Waals surface area contributed by atoms with Gasteiger partial charge in [-0.25, -0.2) is 4.98 Å². The molecule has 96 valence electrons. The van der Waals surface area contributed by atoms with Crippen molar-refractivity contribution in [3.8, 4) is 0 Å². The summed E-state index contributed by atoms with van der Waals surface area (Å²) in [4.78, 5) is 18.0. The van der Waals surface area contributed by atoms with E-state index in [1.807, 2.05) is 31.1 Å². The predicted molar refractivity (Wildman–Crippen MR) is 70.6 cm³/mol. The van der Waals surface area contributed by atoms with E-state index < -0.39 is 0 Å². The Hall–Kier alpha value is -1.10. The maximum Gasteiger partial charge on any atom is 0.325 e. The lowest BCUT2D eigenvalue weighted by atomic mass is 10.3. The molecule has 0 atom stereocenters. The molecule has 0 fully saturated rings. The highest BCUT2D eigenvalue weighted by atomic mass is 32.1. The maximum absolute atomic E-state index is 11.5. The molecule has 0 amide bonds. The van der Waals surface area contributed by atoms with E-state index in [1.54, 1.807) is 11.3 Å². The van der Waals surface area contributed by atoms with Crippen molar-refractivity contribution < 1.29 is 9.53 Å². The average molecular weight is 256 g/mol. The number of esters is 1. The monoisotopic (exact) mass is 256 g/mol. The third kappa shape index (κ3) is 4.00. The summed E-state index contributed by atoms with van der Waals surface area (Å²) in [6, 6.07) is 0.232. The molecule has 0 bridgehead atoms. The van der Waals surface area contributed by atoms with Crippen molar-refractivity contribution in [2.45, 2.75) is 40.2 Å². The fourth-order valence-corrected chi connectivity index (χ4v) is 2.45. The number of carbonyl (C=O) groups is 1. The number of ether oxygens (including phenoxy) is 1. The maximum atomic E-state index is 11.5. The number of hydrogen-bond donors (Lipinski definition) is 0. The fourth-order valence-electron chi connectivity index (χ4n) is 1.41. The highest BCUT2D eigenvalue weighted by molar-refractivity contribution is 7.13. The number of aromatic nitrogens is 1. The Morgan fingerprint density at radius 2 is 2.24 bits per heavy atom. The second kappa shape index (κ2) is 6.59. The van der Waals surface area contributed by atoms with Crippen LogP contribution in [0, 0.1) is 0 Å². The number of aryl methyl sites for hydroxylation is 1. The summed E-state index contributed by atoms with van der Waals surface area (Å²) in [6.45, 7) is 8.67. The summed E-state index contributed by atoms with van der Waals surface area (Å²) in [6.07, 6.45) is 0.918. The second-order valence-electron chi connectivity index (χ2n) is 4.00. The van der Waals surface area contributed by atoms with Crippen molar-refractivity contribution in [1.29, 1.82) is 0 Å². The normalized spacial score (nSPS) is 10.6. The molecule has 4 nitrogen and oxygen atoms in total. The topological polar surface area (TPSA) is 42.4 Å². The van der Waals surface area contributed by atoms with Crippen molar-refractivity contribution >= 4 is 22.4 Å². The molecule has 0 spiro atoms. The molecule has 0 aliphatic heterocycles. The number of anilines is 1. The van der Waals surface area contributed by atoms with Crippen molar-refractivity contribution in [3.63, 3.8) is 0 Å². The zero-order chi connectivity index (χ0) is 12.8. The number of nitrogens with zero attached hydrogens (tertiary/aromatic N) is 2. The molecule has 1 aromatic rings. The zero-order valence-electron chi connectivity index (χ0n) is 10.9. The molecule has 0 unspecified atom stereocenters. The van der Waals surface area contributed by atoms with E-state index in [4.69, 9.17) is 4.74 Å². The molecule has 0 saturated carbocycles. The van der Waals surface area contributed by atoms with Gasteiger partial charge in [-0.15, -0.1) is 11.3 Å². The van der Waals surface area contributed by atoms with Crippen molar-refractivity contribution in [2.75, 3.05) is 18.1 Å². The standard InChI is InChI=1S/C12H20N2O2S/c1-5-10-8-17-12(13-10)14(9(3)4)7-11(15)16-6-2/h8-9H,5-7H2,1-4H3. The molecule has 1 aromatic heterocycles.